The number of carbonyl (C=O) groups is 3. The third-order valence-corrected chi connectivity index (χ3v) is 11.2. The number of piperidine rings is 1. The lowest BCUT2D eigenvalue weighted by atomic mass is 9.72. The van der Waals surface area contributed by atoms with Crippen molar-refractivity contribution < 1.29 is 14.4 Å². The summed E-state index contributed by atoms with van der Waals surface area (Å²) in [5, 5.41) is 4.16. The van der Waals surface area contributed by atoms with Crippen LogP contribution < -0.4 is 11.1 Å². The van der Waals surface area contributed by atoms with Crippen LogP contribution in [0.25, 0.3) is 10.9 Å². The Hall–Kier alpha value is -3.99. The average Bonchev–Trinajstić information content (AvgIpc) is 3.76. The molecule has 10 nitrogen and oxygen atoms in total. The quantitative estimate of drug-likeness (QED) is 0.218. The van der Waals surface area contributed by atoms with Crippen LogP contribution in [0.4, 0.5) is 4.79 Å². The Bertz CT molecular complexity index is 1650. The fraction of sp³-hybridized carbons (Fsp3) is 0.537. The van der Waals surface area contributed by atoms with Gasteiger partial charge in [0.15, 0.2) is 0 Å². The molecule has 2 heterocycles. The number of carbonyl (C=O) groups excluding carboxylic acids is 3. The van der Waals surface area contributed by atoms with Crippen molar-refractivity contribution in [3.8, 4) is 0 Å². The highest BCUT2D eigenvalue weighted by Crippen LogP contribution is 2.55. The molecule has 0 radical (unpaired) electrons. The van der Waals surface area contributed by atoms with Gasteiger partial charge in [0.05, 0.1) is 11.3 Å². The van der Waals surface area contributed by atoms with Gasteiger partial charge in [-0.25, -0.2) is 4.79 Å². The number of hydrogen-bond acceptors (Lipinski definition) is 6. The van der Waals surface area contributed by atoms with Crippen molar-refractivity contribution in [3.05, 3.63) is 84.1 Å². The standard InChI is InChI=1S/C26H37N5O2.C15H22N2O/c1-5-11-30-17-19(25(32)31(26(33)27-6-2)13-8-12-29(3)4)14-21-20-9-7-10-22-24(20)18(16-28-22)15-23(21)30;1-3-17(4-2)14(18)15(10-13(15)11-16)12-8-6-5-7-9-12/h5,7,9-10,16,19,21,23,28H,1,6,8,11-15,17H2,2-4H3,(H,27,33);5-9,13H,3-4,10-11,16H2,1-2H3/t19-,21-,23-;13-,15+/m11/s1. The predicted molar refractivity (Wildman–Crippen MR) is 206 cm³/mol. The molecule has 1 aliphatic heterocycles. The van der Waals surface area contributed by atoms with Gasteiger partial charge in [-0.3, -0.25) is 19.4 Å². The van der Waals surface area contributed by atoms with Crippen molar-refractivity contribution >= 4 is 28.7 Å². The summed E-state index contributed by atoms with van der Waals surface area (Å²) in [6.07, 6.45) is 7.45. The van der Waals surface area contributed by atoms with Crippen molar-refractivity contribution in [2.75, 3.05) is 66.5 Å². The number of likely N-dealkylation sites (tertiary alicyclic amines) is 1. The monoisotopic (exact) mass is 697 g/mol. The summed E-state index contributed by atoms with van der Waals surface area (Å²) in [6, 6.07) is 16.6. The second-order valence-electron chi connectivity index (χ2n) is 14.6. The molecule has 51 heavy (non-hydrogen) atoms. The zero-order chi connectivity index (χ0) is 36.7. The van der Waals surface area contributed by atoms with E-state index in [2.05, 4.69) is 63.2 Å². The second-order valence-corrected chi connectivity index (χ2v) is 14.6. The minimum atomic E-state index is -0.345. The number of aromatic amines is 1. The van der Waals surface area contributed by atoms with E-state index in [0.29, 0.717) is 38.1 Å². The number of fused-ring (bicyclic) bond motifs is 2. The number of nitrogens with two attached hydrogens (primary N) is 1. The molecule has 5 atom stereocenters. The molecule has 1 aromatic heterocycles. The van der Waals surface area contributed by atoms with Gasteiger partial charge in [-0.2, -0.15) is 0 Å². The summed E-state index contributed by atoms with van der Waals surface area (Å²) >= 11 is 0. The van der Waals surface area contributed by atoms with E-state index >= 15 is 0 Å². The van der Waals surface area contributed by atoms with Crippen molar-refractivity contribution in [2.24, 2.45) is 17.6 Å². The summed E-state index contributed by atoms with van der Waals surface area (Å²) in [7, 11) is 4.01. The maximum absolute atomic E-state index is 13.7. The largest absolute Gasteiger partial charge is 0.361 e. The first kappa shape index (κ1) is 38.2. The van der Waals surface area contributed by atoms with Crippen LogP contribution in [0.2, 0.25) is 0 Å². The van der Waals surface area contributed by atoms with Crippen LogP contribution in [0.1, 0.15) is 62.6 Å². The fourth-order valence-electron chi connectivity index (χ4n) is 8.56. The van der Waals surface area contributed by atoms with Crippen molar-refractivity contribution in [1.29, 1.82) is 0 Å². The Morgan fingerprint density at radius 3 is 2.43 bits per heavy atom. The lowest BCUT2D eigenvalue weighted by molar-refractivity contribution is -0.135. The van der Waals surface area contributed by atoms with Crippen LogP contribution >= 0.6 is 0 Å². The highest BCUT2D eigenvalue weighted by atomic mass is 16.2. The number of hydrogen-bond donors (Lipinski definition) is 3. The van der Waals surface area contributed by atoms with Gasteiger partial charge in [-0.1, -0.05) is 48.5 Å². The van der Waals surface area contributed by atoms with Gasteiger partial charge in [0, 0.05) is 68.3 Å². The Balaban J connectivity index is 0.000000236. The van der Waals surface area contributed by atoms with Crippen LogP contribution in [0.5, 0.6) is 0 Å². The first-order valence-electron chi connectivity index (χ1n) is 18.9. The molecule has 2 fully saturated rings. The van der Waals surface area contributed by atoms with Crippen LogP contribution in [0.3, 0.4) is 0 Å². The fourth-order valence-corrected chi connectivity index (χ4v) is 8.56. The lowest BCUT2D eigenvalue weighted by Crippen LogP contribution is -2.55. The van der Waals surface area contributed by atoms with E-state index in [1.54, 1.807) is 0 Å². The molecule has 1 saturated carbocycles. The van der Waals surface area contributed by atoms with E-state index in [1.165, 1.54) is 21.4 Å². The third-order valence-electron chi connectivity index (χ3n) is 11.2. The van der Waals surface area contributed by atoms with Crippen molar-refractivity contribution in [1.82, 2.24) is 29.9 Å². The number of nitrogens with zero attached hydrogens (tertiary/aromatic N) is 4. The molecule has 3 aliphatic rings. The molecular weight excluding hydrogens is 638 g/mol. The van der Waals surface area contributed by atoms with Gasteiger partial charge in [0.1, 0.15) is 0 Å². The zero-order valence-corrected chi connectivity index (χ0v) is 31.4. The van der Waals surface area contributed by atoms with Gasteiger partial charge in [0.25, 0.3) is 0 Å². The second kappa shape index (κ2) is 17.0. The number of rotatable bonds is 13. The smallest absolute Gasteiger partial charge is 0.324 e. The minimum Gasteiger partial charge on any atom is -0.361 e. The van der Waals surface area contributed by atoms with E-state index in [-0.39, 0.29) is 35.1 Å². The van der Waals surface area contributed by atoms with Crippen LogP contribution in [-0.4, -0.2) is 115 Å². The molecule has 1 saturated heterocycles. The van der Waals surface area contributed by atoms with Gasteiger partial charge < -0.3 is 25.8 Å². The number of H-pyrrole nitrogens is 1. The maximum atomic E-state index is 13.7. The number of imide groups is 1. The number of amides is 4. The molecule has 6 rings (SSSR count). The number of urea groups is 1. The van der Waals surface area contributed by atoms with E-state index in [1.807, 2.05) is 64.0 Å². The zero-order valence-electron chi connectivity index (χ0n) is 31.4. The summed E-state index contributed by atoms with van der Waals surface area (Å²) in [6.45, 7) is 15.2. The Labute approximate surface area is 304 Å². The number of aromatic nitrogens is 1. The van der Waals surface area contributed by atoms with Crippen LogP contribution in [0.15, 0.2) is 67.4 Å². The average molecular weight is 698 g/mol. The third kappa shape index (κ3) is 7.93. The first-order chi connectivity index (χ1) is 24.6. The lowest BCUT2D eigenvalue weighted by Gasteiger charge is -2.47. The summed E-state index contributed by atoms with van der Waals surface area (Å²) < 4.78 is 0. The molecular formula is C41H59N7O3. The molecule has 2 aromatic carbocycles. The Morgan fingerprint density at radius 1 is 1.06 bits per heavy atom. The van der Waals surface area contributed by atoms with Gasteiger partial charge in [-0.15, -0.1) is 6.58 Å². The van der Waals surface area contributed by atoms with Crippen molar-refractivity contribution in [2.45, 2.75) is 63.8 Å². The number of nitrogens with one attached hydrogen (secondary N) is 2. The van der Waals surface area contributed by atoms with Gasteiger partial charge >= 0.3 is 6.03 Å². The van der Waals surface area contributed by atoms with Crippen molar-refractivity contribution in [3.63, 3.8) is 0 Å². The maximum Gasteiger partial charge on any atom is 0.324 e. The first-order valence-corrected chi connectivity index (χ1v) is 18.9. The number of likely N-dealkylation sites (N-methyl/N-ethyl adjacent to an activating group) is 1. The molecule has 0 unspecified atom stereocenters. The summed E-state index contributed by atoms with van der Waals surface area (Å²) in [5.41, 5.74) is 10.4. The van der Waals surface area contributed by atoms with E-state index in [0.717, 1.165) is 62.9 Å². The highest BCUT2D eigenvalue weighted by Gasteiger charge is 2.61. The Morgan fingerprint density at radius 2 is 1.80 bits per heavy atom. The molecule has 4 amide bonds. The Kier molecular flexibility index (Phi) is 12.8. The topological polar surface area (TPSA) is 118 Å². The summed E-state index contributed by atoms with van der Waals surface area (Å²) in [5.74, 6) is 0.530. The van der Waals surface area contributed by atoms with E-state index < -0.39 is 0 Å². The SMILES string of the molecule is C=CCN1C[C@H](C(=O)N(CCCN(C)C)C(=O)NCC)C[C@@H]2c3cccc4[nH]cc(c34)C[C@H]21.CCN(CC)C(=O)[C@]1(c2ccccc2)C[C@@H]1CN. The molecule has 276 valence electrons. The normalized spacial score (nSPS) is 23.5. The van der Waals surface area contributed by atoms with Gasteiger partial charge in [0.2, 0.25) is 11.8 Å². The molecule has 4 N–H and O–H groups in total. The highest BCUT2D eigenvalue weighted by molar-refractivity contribution is 5.96. The summed E-state index contributed by atoms with van der Waals surface area (Å²) in [4.78, 5) is 50.6. The number of benzene rings is 2. The van der Waals surface area contributed by atoms with Crippen LogP contribution in [-0.2, 0) is 21.4 Å². The molecule has 0 bridgehead atoms. The van der Waals surface area contributed by atoms with E-state index in [9.17, 15) is 14.4 Å². The van der Waals surface area contributed by atoms with Gasteiger partial charge in [-0.05, 0) is 102 Å². The predicted octanol–water partition coefficient (Wildman–Crippen LogP) is 4.97. The molecule has 3 aromatic rings. The molecule has 10 heteroatoms. The molecule has 0 spiro atoms. The van der Waals surface area contributed by atoms with Crippen LogP contribution in [0, 0.1) is 11.8 Å². The van der Waals surface area contributed by atoms with E-state index in [4.69, 9.17) is 5.73 Å². The molecule has 2 aliphatic carbocycles. The minimum absolute atomic E-state index is 0.0562.